The van der Waals surface area contributed by atoms with E-state index in [1.807, 2.05) is 0 Å². The molecular formula is C20H29N5. The van der Waals surface area contributed by atoms with E-state index in [1.165, 1.54) is 24.8 Å². The predicted molar refractivity (Wildman–Crippen MR) is 104 cm³/mol. The molecule has 1 aromatic carbocycles. The number of benzene rings is 1. The van der Waals surface area contributed by atoms with Crippen molar-refractivity contribution in [3.63, 3.8) is 0 Å². The van der Waals surface area contributed by atoms with E-state index in [0.29, 0.717) is 12.0 Å². The fourth-order valence-electron chi connectivity index (χ4n) is 3.40. The van der Waals surface area contributed by atoms with Gasteiger partial charge in [-0.1, -0.05) is 39.8 Å². The summed E-state index contributed by atoms with van der Waals surface area (Å²) in [6.07, 6.45) is 6.68. The van der Waals surface area contributed by atoms with Crippen LogP contribution in [0.5, 0.6) is 0 Å². The summed E-state index contributed by atoms with van der Waals surface area (Å²) in [7, 11) is 0. The molecule has 1 fully saturated rings. The summed E-state index contributed by atoms with van der Waals surface area (Å²) in [4.78, 5) is 7.08. The first-order valence-corrected chi connectivity index (χ1v) is 9.31. The normalized spacial score (nSPS) is 18.2. The molecule has 2 heterocycles. The first kappa shape index (κ1) is 17.6. The number of hydrogen-bond donors (Lipinski definition) is 1. The average molecular weight is 339 g/mol. The van der Waals surface area contributed by atoms with Crippen LogP contribution in [-0.4, -0.2) is 27.8 Å². The summed E-state index contributed by atoms with van der Waals surface area (Å²) >= 11 is 0. The lowest BCUT2D eigenvalue weighted by Gasteiger charge is -2.35. The van der Waals surface area contributed by atoms with Crippen LogP contribution in [0.3, 0.4) is 0 Å². The molecule has 25 heavy (non-hydrogen) atoms. The van der Waals surface area contributed by atoms with Crippen LogP contribution in [-0.2, 0) is 5.41 Å². The maximum Gasteiger partial charge on any atom is 0.249 e. The number of rotatable bonds is 4. The summed E-state index contributed by atoms with van der Waals surface area (Å²) in [6.45, 7) is 9.95. The SMILES string of the molecule is CCC1CCCCN1c1cnnc(Nc2ccc(C(C)(C)C)cc2)n1. The zero-order valence-electron chi connectivity index (χ0n) is 15.8. The van der Waals surface area contributed by atoms with E-state index >= 15 is 0 Å². The van der Waals surface area contributed by atoms with E-state index in [2.05, 4.69) is 72.4 Å². The Kier molecular flexibility index (Phi) is 5.21. The second-order valence-electron chi connectivity index (χ2n) is 7.84. The highest BCUT2D eigenvalue weighted by molar-refractivity contribution is 5.55. The van der Waals surface area contributed by atoms with Gasteiger partial charge in [0.05, 0.1) is 6.20 Å². The molecular weight excluding hydrogens is 310 g/mol. The number of aromatic nitrogens is 3. The Labute approximate surface area is 150 Å². The minimum atomic E-state index is 0.153. The topological polar surface area (TPSA) is 53.9 Å². The van der Waals surface area contributed by atoms with E-state index in [1.54, 1.807) is 6.20 Å². The summed E-state index contributed by atoms with van der Waals surface area (Å²) in [5, 5.41) is 11.6. The molecule has 0 bridgehead atoms. The lowest BCUT2D eigenvalue weighted by molar-refractivity contribution is 0.446. The molecule has 0 saturated carbocycles. The van der Waals surface area contributed by atoms with Crippen molar-refractivity contribution in [3.05, 3.63) is 36.0 Å². The molecule has 0 radical (unpaired) electrons. The van der Waals surface area contributed by atoms with Crippen LogP contribution >= 0.6 is 0 Å². The van der Waals surface area contributed by atoms with E-state index in [0.717, 1.165) is 24.5 Å². The fourth-order valence-corrected chi connectivity index (χ4v) is 3.40. The third-order valence-corrected chi connectivity index (χ3v) is 4.95. The molecule has 1 N–H and O–H groups in total. The van der Waals surface area contributed by atoms with Crippen LogP contribution < -0.4 is 10.2 Å². The number of anilines is 3. The van der Waals surface area contributed by atoms with E-state index in [4.69, 9.17) is 4.98 Å². The van der Waals surface area contributed by atoms with Gasteiger partial charge in [0.15, 0.2) is 5.82 Å². The molecule has 0 amide bonds. The molecule has 1 atom stereocenters. The van der Waals surface area contributed by atoms with Crippen molar-refractivity contribution < 1.29 is 0 Å². The lowest BCUT2D eigenvalue weighted by atomic mass is 9.87. The molecule has 1 saturated heterocycles. The Morgan fingerprint density at radius 1 is 1.16 bits per heavy atom. The monoisotopic (exact) mass is 339 g/mol. The maximum atomic E-state index is 4.70. The fraction of sp³-hybridized carbons (Fsp3) is 0.550. The highest BCUT2D eigenvalue weighted by Gasteiger charge is 2.22. The number of nitrogens with one attached hydrogen (secondary N) is 1. The molecule has 5 nitrogen and oxygen atoms in total. The van der Waals surface area contributed by atoms with Crippen molar-refractivity contribution in [1.29, 1.82) is 0 Å². The molecule has 1 aliphatic rings. The third-order valence-electron chi connectivity index (χ3n) is 4.95. The molecule has 3 rings (SSSR count). The lowest BCUT2D eigenvalue weighted by Crippen LogP contribution is -2.39. The van der Waals surface area contributed by atoms with Gasteiger partial charge in [0.25, 0.3) is 0 Å². The van der Waals surface area contributed by atoms with Crippen LogP contribution in [0.2, 0.25) is 0 Å². The molecule has 1 unspecified atom stereocenters. The van der Waals surface area contributed by atoms with Gasteiger partial charge in [0.1, 0.15) is 0 Å². The summed E-state index contributed by atoms with van der Waals surface area (Å²) in [5.74, 6) is 1.48. The number of nitrogens with zero attached hydrogens (tertiary/aromatic N) is 4. The second kappa shape index (κ2) is 7.38. The Morgan fingerprint density at radius 2 is 1.92 bits per heavy atom. The van der Waals surface area contributed by atoms with Crippen molar-refractivity contribution in [2.75, 3.05) is 16.8 Å². The van der Waals surface area contributed by atoms with Gasteiger partial charge in [-0.3, -0.25) is 0 Å². The van der Waals surface area contributed by atoms with Crippen LogP contribution in [0, 0.1) is 0 Å². The Hall–Kier alpha value is -2.17. The number of hydrogen-bond acceptors (Lipinski definition) is 5. The molecule has 1 aromatic heterocycles. The molecule has 2 aromatic rings. The Morgan fingerprint density at radius 3 is 2.60 bits per heavy atom. The van der Waals surface area contributed by atoms with E-state index < -0.39 is 0 Å². The van der Waals surface area contributed by atoms with Crippen LogP contribution in [0.4, 0.5) is 17.5 Å². The first-order valence-electron chi connectivity index (χ1n) is 9.31. The van der Waals surface area contributed by atoms with Crippen LogP contribution in [0.1, 0.15) is 58.9 Å². The zero-order chi connectivity index (χ0) is 17.9. The van der Waals surface area contributed by atoms with Gasteiger partial charge in [-0.15, -0.1) is 5.10 Å². The van der Waals surface area contributed by atoms with E-state index in [9.17, 15) is 0 Å². The highest BCUT2D eigenvalue weighted by Crippen LogP contribution is 2.26. The van der Waals surface area contributed by atoms with Gasteiger partial charge in [-0.25, -0.2) is 0 Å². The Bertz CT molecular complexity index is 690. The molecule has 0 aliphatic carbocycles. The van der Waals surface area contributed by atoms with Crippen molar-refractivity contribution in [2.24, 2.45) is 0 Å². The highest BCUT2D eigenvalue weighted by atomic mass is 15.3. The second-order valence-corrected chi connectivity index (χ2v) is 7.84. The number of piperidine rings is 1. The van der Waals surface area contributed by atoms with Crippen molar-refractivity contribution in [2.45, 2.75) is 64.8 Å². The molecule has 0 spiro atoms. The largest absolute Gasteiger partial charge is 0.352 e. The van der Waals surface area contributed by atoms with Gasteiger partial charge in [-0.2, -0.15) is 10.1 Å². The summed E-state index contributed by atoms with van der Waals surface area (Å²) in [6, 6.07) is 9.01. The van der Waals surface area contributed by atoms with Crippen LogP contribution in [0.25, 0.3) is 0 Å². The average Bonchev–Trinajstić information content (AvgIpc) is 2.61. The molecule has 5 heteroatoms. The zero-order valence-corrected chi connectivity index (χ0v) is 15.8. The maximum absolute atomic E-state index is 4.70. The van der Waals surface area contributed by atoms with Gasteiger partial charge in [-0.05, 0) is 48.8 Å². The van der Waals surface area contributed by atoms with Crippen LogP contribution in [0.15, 0.2) is 30.5 Å². The third kappa shape index (κ3) is 4.27. The van der Waals surface area contributed by atoms with Gasteiger partial charge in [0.2, 0.25) is 5.95 Å². The van der Waals surface area contributed by atoms with E-state index in [-0.39, 0.29) is 5.41 Å². The summed E-state index contributed by atoms with van der Waals surface area (Å²) < 4.78 is 0. The van der Waals surface area contributed by atoms with Gasteiger partial charge < -0.3 is 10.2 Å². The van der Waals surface area contributed by atoms with Crippen molar-refractivity contribution >= 4 is 17.5 Å². The predicted octanol–water partition coefficient (Wildman–Crippen LogP) is 4.68. The summed E-state index contributed by atoms with van der Waals surface area (Å²) in [5.41, 5.74) is 2.45. The Balaban J connectivity index is 1.75. The van der Waals surface area contributed by atoms with Gasteiger partial charge in [0, 0.05) is 18.3 Å². The van der Waals surface area contributed by atoms with Gasteiger partial charge >= 0.3 is 0 Å². The molecule has 134 valence electrons. The standard InChI is InChI=1S/C20H29N5/c1-5-17-8-6-7-13-25(17)18-14-21-24-19(23-18)22-16-11-9-15(10-12-16)20(2,3)4/h9-12,14,17H,5-8,13H2,1-4H3,(H,22,23,24). The molecule has 1 aliphatic heterocycles. The van der Waals surface area contributed by atoms with Crippen molar-refractivity contribution in [3.8, 4) is 0 Å². The first-order chi connectivity index (χ1) is 12.0. The van der Waals surface area contributed by atoms with Crippen molar-refractivity contribution in [1.82, 2.24) is 15.2 Å². The smallest absolute Gasteiger partial charge is 0.249 e. The minimum Gasteiger partial charge on any atom is -0.352 e. The quantitative estimate of drug-likeness (QED) is 0.876. The minimum absolute atomic E-state index is 0.153.